The number of aliphatic hydroxyl groups is 8. The van der Waals surface area contributed by atoms with E-state index in [0.29, 0.717) is 0 Å². The van der Waals surface area contributed by atoms with Crippen molar-refractivity contribution in [2.24, 2.45) is 0 Å². The molecule has 0 unspecified atom stereocenters. The van der Waals surface area contributed by atoms with Gasteiger partial charge in [-0.15, -0.1) is 0 Å². The molecule has 2 rings (SSSR count). The van der Waals surface area contributed by atoms with Crippen molar-refractivity contribution in [1.82, 2.24) is 0 Å². The summed E-state index contributed by atoms with van der Waals surface area (Å²) in [4.78, 5) is 0. The third-order valence-electron chi connectivity index (χ3n) is 3.96. The molecule has 2 saturated heterocycles. The molecule has 136 valence electrons. The predicted molar refractivity (Wildman–Crippen MR) is 68.6 cm³/mol. The molecule has 2 aliphatic heterocycles. The summed E-state index contributed by atoms with van der Waals surface area (Å²) in [5.74, 6) is 0. The van der Waals surface area contributed by atoms with Crippen molar-refractivity contribution in [2.75, 3.05) is 13.2 Å². The molecular formula is C12H22O11. The first-order valence-electron chi connectivity index (χ1n) is 7.07. The zero-order valence-electron chi connectivity index (χ0n) is 12.0. The van der Waals surface area contributed by atoms with Crippen molar-refractivity contribution < 1.29 is 55.1 Å². The molecule has 0 radical (unpaired) electrons. The molecular weight excluding hydrogens is 320 g/mol. The van der Waals surface area contributed by atoms with E-state index in [-0.39, 0.29) is 0 Å². The molecule has 2 aliphatic rings. The molecule has 0 amide bonds. The fraction of sp³-hybridized carbons (Fsp3) is 1.00. The zero-order chi connectivity index (χ0) is 17.3. The summed E-state index contributed by atoms with van der Waals surface area (Å²) in [6.45, 7) is -1.10. The van der Waals surface area contributed by atoms with Gasteiger partial charge in [-0.1, -0.05) is 0 Å². The SMILES string of the molecule is OC[C@H]1O[C@H](OC[C@H]2O[C@@H](O)[C@H](O)[C@@H](O)[C@H]2O)[C@H](O)[C@@H](O)[C@@H]1O. The minimum absolute atomic E-state index is 0.468. The quantitative estimate of drug-likeness (QED) is 0.243. The second-order valence-corrected chi connectivity index (χ2v) is 5.57. The second kappa shape index (κ2) is 7.63. The van der Waals surface area contributed by atoms with Crippen LogP contribution in [-0.4, -0.2) is 115 Å². The van der Waals surface area contributed by atoms with Crippen LogP contribution >= 0.6 is 0 Å². The lowest BCUT2D eigenvalue weighted by atomic mass is 9.98. The Morgan fingerprint density at radius 1 is 0.652 bits per heavy atom. The van der Waals surface area contributed by atoms with Crippen molar-refractivity contribution >= 4 is 0 Å². The number of hydrogen-bond donors (Lipinski definition) is 8. The summed E-state index contributed by atoms with van der Waals surface area (Å²) in [5.41, 5.74) is 0. The van der Waals surface area contributed by atoms with E-state index in [1.807, 2.05) is 0 Å². The summed E-state index contributed by atoms with van der Waals surface area (Å²) >= 11 is 0. The van der Waals surface area contributed by atoms with Crippen LogP contribution < -0.4 is 0 Å². The highest BCUT2D eigenvalue weighted by Crippen LogP contribution is 2.24. The standard InChI is InChI=1S/C12H22O11/c13-1-3-5(14)8(17)10(19)12(23-3)21-2-4-6(15)7(16)9(18)11(20)22-4/h3-20H,1-2H2/t3-,4-,5-,6+,7+,8+,9-,10-,11-,12+/m1/s1. The van der Waals surface area contributed by atoms with Gasteiger partial charge in [-0.05, 0) is 0 Å². The molecule has 0 aromatic heterocycles. The van der Waals surface area contributed by atoms with Crippen LogP contribution in [0.25, 0.3) is 0 Å². The van der Waals surface area contributed by atoms with E-state index in [0.717, 1.165) is 0 Å². The summed E-state index contributed by atoms with van der Waals surface area (Å²) in [7, 11) is 0. The van der Waals surface area contributed by atoms with E-state index in [1.54, 1.807) is 0 Å². The molecule has 0 bridgehead atoms. The van der Waals surface area contributed by atoms with Crippen LogP contribution in [0.1, 0.15) is 0 Å². The second-order valence-electron chi connectivity index (χ2n) is 5.57. The van der Waals surface area contributed by atoms with Crippen LogP contribution in [0, 0.1) is 0 Å². The Hall–Kier alpha value is -0.440. The van der Waals surface area contributed by atoms with Gasteiger partial charge in [0.1, 0.15) is 48.8 Å². The van der Waals surface area contributed by atoms with Gasteiger partial charge in [0, 0.05) is 0 Å². The molecule has 11 nitrogen and oxygen atoms in total. The van der Waals surface area contributed by atoms with E-state index >= 15 is 0 Å². The topological polar surface area (TPSA) is 190 Å². The first-order chi connectivity index (χ1) is 10.8. The Kier molecular flexibility index (Phi) is 6.27. The lowest BCUT2D eigenvalue weighted by Crippen LogP contribution is -2.61. The van der Waals surface area contributed by atoms with E-state index in [1.165, 1.54) is 0 Å². The van der Waals surface area contributed by atoms with E-state index in [2.05, 4.69) is 0 Å². The predicted octanol–water partition coefficient (Wildman–Crippen LogP) is -5.40. The molecule has 23 heavy (non-hydrogen) atoms. The van der Waals surface area contributed by atoms with Crippen LogP contribution in [0.5, 0.6) is 0 Å². The van der Waals surface area contributed by atoms with E-state index in [9.17, 15) is 35.7 Å². The highest BCUT2D eigenvalue weighted by atomic mass is 16.7. The number of hydrogen-bond acceptors (Lipinski definition) is 11. The fourth-order valence-corrected chi connectivity index (χ4v) is 2.46. The Morgan fingerprint density at radius 2 is 1.22 bits per heavy atom. The molecule has 10 atom stereocenters. The molecule has 0 aromatic carbocycles. The van der Waals surface area contributed by atoms with Gasteiger partial charge in [-0.3, -0.25) is 0 Å². The van der Waals surface area contributed by atoms with Crippen LogP contribution in [0.3, 0.4) is 0 Å². The summed E-state index contributed by atoms with van der Waals surface area (Å²) < 4.78 is 15.1. The minimum Gasteiger partial charge on any atom is -0.394 e. The average Bonchev–Trinajstić information content (AvgIpc) is 2.54. The molecule has 0 aliphatic carbocycles. The fourth-order valence-electron chi connectivity index (χ4n) is 2.46. The largest absolute Gasteiger partial charge is 0.394 e. The molecule has 2 heterocycles. The van der Waals surface area contributed by atoms with Gasteiger partial charge in [0.05, 0.1) is 13.2 Å². The molecule has 11 heteroatoms. The summed E-state index contributed by atoms with van der Waals surface area (Å²) in [5, 5.41) is 76.1. The molecule has 2 fully saturated rings. The van der Waals surface area contributed by atoms with Gasteiger partial charge in [-0.2, -0.15) is 0 Å². The zero-order valence-corrected chi connectivity index (χ0v) is 12.0. The summed E-state index contributed by atoms with van der Waals surface area (Å²) in [6.07, 6.45) is -15.3. The third kappa shape index (κ3) is 3.81. The minimum atomic E-state index is -1.74. The average molecular weight is 342 g/mol. The number of ether oxygens (including phenoxy) is 3. The van der Waals surface area contributed by atoms with Gasteiger partial charge in [-0.25, -0.2) is 0 Å². The van der Waals surface area contributed by atoms with Crippen molar-refractivity contribution in [3.63, 3.8) is 0 Å². The van der Waals surface area contributed by atoms with Gasteiger partial charge in [0.25, 0.3) is 0 Å². The first-order valence-corrected chi connectivity index (χ1v) is 7.07. The first kappa shape index (κ1) is 18.9. The maximum Gasteiger partial charge on any atom is 0.186 e. The maximum absolute atomic E-state index is 9.78. The van der Waals surface area contributed by atoms with Crippen LogP contribution in [-0.2, 0) is 14.2 Å². The normalized spacial score (nSPS) is 51.7. The van der Waals surface area contributed by atoms with E-state index < -0.39 is 74.6 Å². The van der Waals surface area contributed by atoms with Gasteiger partial charge in [0.2, 0.25) is 0 Å². The van der Waals surface area contributed by atoms with Crippen LogP contribution in [0.2, 0.25) is 0 Å². The lowest BCUT2D eigenvalue weighted by molar-refractivity contribution is -0.325. The highest BCUT2D eigenvalue weighted by molar-refractivity contribution is 4.91. The van der Waals surface area contributed by atoms with Crippen molar-refractivity contribution in [1.29, 1.82) is 0 Å². The van der Waals surface area contributed by atoms with Crippen molar-refractivity contribution in [2.45, 2.75) is 61.4 Å². The number of rotatable bonds is 4. The molecule has 0 spiro atoms. The van der Waals surface area contributed by atoms with Crippen LogP contribution in [0.4, 0.5) is 0 Å². The van der Waals surface area contributed by atoms with Gasteiger partial charge in [0.15, 0.2) is 12.6 Å². The number of aliphatic hydroxyl groups excluding tert-OH is 8. The molecule has 0 aromatic rings. The van der Waals surface area contributed by atoms with Crippen LogP contribution in [0.15, 0.2) is 0 Å². The Bertz CT molecular complexity index is 380. The smallest absolute Gasteiger partial charge is 0.186 e. The maximum atomic E-state index is 9.78. The highest BCUT2D eigenvalue weighted by Gasteiger charge is 2.46. The van der Waals surface area contributed by atoms with Gasteiger partial charge < -0.3 is 55.1 Å². The van der Waals surface area contributed by atoms with E-state index in [4.69, 9.17) is 19.3 Å². The molecule has 0 saturated carbocycles. The van der Waals surface area contributed by atoms with Gasteiger partial charge >= 0.3 is 0 Å². The van der Waals surface area contributed by atoms with Crippen molar-refractivity contribution in [3.05, 3.63) is 0 Å². The Balaban J connectivity index is 1.94. The molecule has 8 N–H and O–H groups in total. The third-order valence-corrected chi connectivity index (χ3v) is 3.96. The van der Waals surface area contributed by atoms with Crippen molar-refractivity contribution in [3.8, 4) is 0 Å². The Labute approximate surface area is 130 Å². The monoisotopic (exact) mass is 342 g/mol. The summed E-state index contributed by atoms with van der Waals surface area (Å²) in [6, 6.07) is 0. The lowest BCUT2D eigenvalue weighted by Gasteiger charge is -2.41. The Morgan fingerprint density at radius 3 is 1.83 bits per heavy atom.